The third kappa shape index (κ3) is 3.22. The lowest BCUT2D eigenvalue weighted by atomic mass is 10.0. The summed E-state index contributed by atoms with van der Waals surface area (Å²) >= 11 is 3.92. The summed E-state index contributed by atoms with van der Waals surface area (Å²) in [5.41, 5.74) is 1.37. The van der Waals surface area contributed by atoms with Gasteiger partial charge in [-0.15, -0.1) is 11.3 Å². The van der Waals surface area contributed by atoms with E-state index in [1.165, 1.54) is 22.6 Å². The molecule has 3 unspecified atom stereocenters. The van der Waals surface area contributed by atoms with Crippen molar-refractivity contribution >= 4 is 23.1 Å². The van der Waals surface area contributed by atoms with Gasteiger partial charge >= 0.3 is 0 Å². The van der Waals surface area contributed by atoms with Crippen molar-refractivity contribution in [3.05, 3.63) is 58.3 Å². The molecule has 0 spiro atoms. The molecular formula is C16H19NS2. The minimum atomic E-state index is 0.345. The van der Waals surface area contributed by atoms with E-state index in [9.17, 15) is 0 Å². The lowest BCUT2D eigenvalue weighted by Gasteiger charge is -2.22. The zero-order chi connectivity index (χ0) is 13.1. The maximum Gasteiger partial charge on any atom is 0.0673 e. The van der Waals surface area contributed by atoms with Gasteiger partial charge in [0.2, 0.25) is 0 Å². The number of nitrogens with one attached hydrogen (secondary N) is 1. The van der Waals surface area contributed by atoms with Crippen LogP contribution in [-0.4, -0.2) is 17.0 Å². The summed E-state index contributed by atoms with van der Waals surface area (Å²) in [6, 6.07) is 16.1. The van der Waals surface area contributed by atoms with Gasteiger partial charge in [0.15, 0.2) is 0 Å². The Bertz CT molecular complexity index is 495. The van der Waals surface area contributed by atoms with Crippen molar-refractivity contribution in [2.75, 3.05) is 5.75 Å². The van der Waals surface area contributed by atoms with Gasteiger partial charge in [0, 0.05) is 21.9 Å². The van der Waals surface area contributed by atoms with Gasteiger partial charge in [-0.2, -0.15) is 11.8 Å². The lowest BCUT2D eigenvalue weighted by Crippen LogP contribution is -2.33. The molecule has 100 valence electrons. The number of thioether (sulfide) groups is 1. The maximum absolute atomic E-state index is 3.85. The summed E-state index contributed by atoms with van der Waals surface area (Å²) in [6.07, 6.45) is 1.28. The number of rotatable bonds is 4. The fourth-order valence-corrected chi connectivity index (χ4v) is 4.59. The molecule has 1 saturated heterocycles. The summed E-state index contributed by atoms with van der Waals surface area (Å²) in [4.78, 5) is 1.41. The second-order valence-corrected chi connectivity index (χ2v) is 7.55. The topological polar surface area (TPSA) is 12.0 Å². The molecule has 1 N–H and O–H groups in total. The third-order valence-corrected chi connectivity index (χ3v) is 5.85. The van der Waals surface area contributed by atoms with E-state index in [0.717, 1.165) is 5.25 Å². The van der Waals surface area contributed by atoms with Crippen molar-refractivity contribution < 1.29 is 0 Å². The Labute approximate surface area is 123 Å². The Morgan fingerprint density at radius 2 is 2.00 bits per heavy atom. The van der Waals surface area contributed by atoms with Crippen LogP contribution in [0.2, 0.25) is 0 Å². The number of thiophene rings is 1. The zero-order valence-electron chi connectivity index (χ0n) is 11.1. The standard InChI is InChI=1S/C16H19NS2/c1-12-10-14(11-19-12)17-16(15-8-5-9-18-15)13-6-3-2-4-7-13/h2-9,12,14,16-17H,10-11H2,1H3. The van der Waals surface area contributed by atoms with Crippen molar-refractivity contribution in [1.29, 1.82) is 0 Å². The van der Waals surface area contributed by atoms with E-state index in [4.69, 9.17) is 0 Å². The van der Waals surface area contributed by atoms with Crippen molar-refractivity contribution in [2.24, 2.45) is 0 Å². The summed E-state index contributed by atoms with van der Waals surface area (Å²) in [7, 11) is 0. The molecule has 1 aliphatic rings. The summed E-state index contributed by atoms with van der Waals surface area (Å²) in [6.45, 7) is 2.33. The Balaban J connectivity index is 1.81. The van der Waals surface area contributed by atoms with Crippen LogP contribution < -0.4 is 5.32 Å². The van der Waals surface area contributed by atoms with Crippen molar-refractivity contribution in [2.45, 2.75) is 30.7 Å². The Hall–Kier alpha value is -0.770. The molecule has 0 saturated carbocycles. The van der Waals surface area contributed by atoms with Crippen LogP contribution in [0.4, 0.5) is 0 Å². The highest BCUT2D eigenvalue weighted by molar-refractivity contribution is 8.00. The van der Waals surface area contributed by atoms with Crippen LogP contribution in [0.25, 0.3) is 0 Å². The maximum atomic E-state index is 3.85. The summed E-state index contributed by atoms with van der Waals surface area (Å²) in [5, 5.41) is 6.81. The van der Waals surface area contributed by atoms with Crippen LogP contribution >= 0.6 is 23.1 Å². The second-order valence-electron chi connectivity index (χ2n) is 5.10. The van der Waals surface area contributed by atoms with Gasteiger partial charge in [-0.25, -0.2) is 0 Å². The highest BCUT2D eigenvalue weighted by Crippen LogP contribution is 2.31. The van der Waals surface area contributed by atoms with E-state index in [1.807, 2.05) is 11.3 Å². The predicted octanol–water partition coefficient (Wildman–Crippen LogP) is 4.32. The van der Waals surface area contributed by atoms with E-state index in [-0.39, 0.29) is 0 Å². The van der Waals surface area contributed by atoms with Crippen molar-refractivity contribution in [1.82, 2.24) is 5.32 Å². The van der Waals surface area contributed by atoms with Gasteiger partial charge in [-0.3, -0.25) is 0 Å². The first kappa shape index (κ1) is 13.2. The van der Waals surface area contributed by atoms with Crippen LogP contribution in [0, 0.1) is 0 Å². The number of hydrogen-bond donors (Lipinski definition) is 1. The number of hydrogen-bond acceptors (Lipinski definition) is 3. The molecular weight excluding hydrogens is 270 g/mol. The van der Waals surface area contributed by atoms with E-state index in [2.05, 4.69) is 71.8 Å². The molecule has 2 aromatic rings. The fraction of sp³-hybridized carbons (Fsp3) is 0.375. The lowest BCUT2D eigenvalue weighted by molar-refractivity contribution is 0.496. The highest BCUT2D eigenvalue weighted by atomic mass is 32.2. The highest BCUT2D eigenvalue weighted by Gasteiger charge is 2.25. The molecule has 1 nitrogen and oxygen atoms in total. The minimum Gasteiger partial charge on any atom is -0.302 e. The van der Waals surface area contributed by atoms with E-state index in [1.54, 1.807) is 0 Å². The normalized spacial score (nSPS) is 24.5. The van der Waals surface area contributed by atoms with E-state index < -0.39 is 0 Å². The molecule has 2 heterocycles. The van der Waals surface area contributed by atoms with Gasteiger partial charge < -0.3 is 5.32 Å². The monoisotopic (exact) mass is 289 g/mol. The molecule has 19 heavy (non-hydrogen) atoms. The third-order valence-electron chi connectivity index (χ3n) is 3.56. The molecule has 0 aliphatic carbocycles. The largest absolute Gasteiger partial charge is 0.302 e. The molecule has 1 fully saturated rings. The first-order valence-electron chi connectivity index (χ1n) is 6.79. The Kier molecular flexibility index (Phi) is 4.26. The first-order chi connectivity index (χ1) is 9.33. The molecule has 3 heteroatoms. The predicted molar refractivity (Wildman–Crippen MR) is 86.1 cm³/mol. The van der Waals surface area contributed by atoms with Gasteiger partial charge in [0.05, 0.1) is 6.04 Å². The Morgan fingerprint density at radius 3 is 2.63 bits per heavy atom. The molecule has 0 bridgehead atoms. The zero-order valence-corrected chi connectivity index (χ0v) is 12.7. The fourth-order valence-electron chi connectivity index (χ4n) is 2.61. The summed E-state index contributed by atoms with van der Waals surface area (Å²) < 4.78 is 0. The van der Waals surface area contributed by atoms with Crippen molar-refractivity contribution in [3.63, 3.8) is 0 Å². The van der Waals surface area contributed by atoms with Crippen molar-refractivity contribution in [3.8, 4) is 0 Å². The average Bonchev–Trinajstić information content (AvgIpc) is 3.08. The minimum absolute atomic E-state index is 0.345. The van der Waals surface area contributed by atoms with E-state index >= 15 is 0 Å². The van der Waals surface area contributed by atoms with Gasteiger partial charge in [-0.05, 0) is 23.4 Å². The van der Waals surface area contributed by atoms with Crippen LogP contribution in [0.5, 0.6) is 0 Å². The second kappa shape index (κ2) is 6.12. The molecule has 1 aromatic carbocycles. The quantitative estimate of drug-likeness (QED) is 0.899. The molecule has 3 atom stereocenters. The molecule has 1 aromatic heterocycles. The van der Waals surface area contributed by atoms with Gasteiger partial charge in [-0.1, -0.05) is 43.3 Å². The first-order valence-corrected chi connectivity index (χ1v) is 8.72. The smallest absolute Gasteiger partial charge is 0.0673 e. The Morgan fingerprint density at radius 1 is 1.16 bits per heavy atom. The van der Waals surface area contributed by atoms with Gasteiger partial charge in [0.1, 0.15) is 0 Å². The van der Waals surface area contributed by atoms with E-state index in [0.29, 0.717) is 12.1 Å². The average molecular weight is 289 g/mol. The summed E-state index contributed by atoms with van der Waals surface area (Å²) in [5.74, 6) is 1.23. The van der Waals surface area contributed by atoms with Crippen LogP contribution in [0.3, 0.4) is 0 Å². The van der Waals surface area contributed by atoms with Crippen LogP contribution in [-0.2, 0) is 0 Å². The van der Waals surface area contributed by atoms with Crippen LogP contribution in [0.15, 0.2) is 47.8 Å². The number of benzene rings is 1. The molecule has 3 rings (SSSR count). The molecule has 0 radical (unpaired) electrons. The van der Waals surface area contributed by atoms with Crippen LogP contribution in [0.1, 0.15) is 29.8 Å². The SMILES string of the molecule is CC1CC(NC(c2ccccc2)c2cccs2)CS1. The molecule has 0 amide bonds. The van der Waals surface area contributed by atoms with Gasteiger partial charge in [0.25, 0.3) is 0 Å². The molecule has 1 aliphatic heterocycles.